The molecule has 154 valence electrons. The van der Waals surface area contributed by atoms with Gasteiger partial charge in [0.15, 0.2) is 0 Å². The number of ether oxygens (including phenoxy) is 1. The van der Waals surface area contributed by atoms with Crippen LogP contribution in [0.3, 0.4) is 0 Å². The van der Waals surface area contributed by atoms with Crippen molar-refractivity contribution in [1.29, 1.82) is 0 Å². The van der Waals surface area contributed by atoms with Gasteiger partial charge in [-0.05, 0) is 43.4 Å². The fourth-order valence-corrected chi connectivity index (χ4v) is 3.58. The molecule has 0 spiro atoms. The molecule has 0 unspecified atom stereocenters. The van der Waals surface area contributed by atoms with Crippen LogP contribution in [-0.2, 0) is 10.9 Å². The molecular formula is C19H24F3N3O3. The van der Waals surface area contributed by atoms with Crippen LogP contribution in [0.4, 0.5) is 18.0 Å². The number of rotatable bonds is 3. The van der Waals surface area contributed by atoms with Gasteiger partial charge >= 0.3 is 18.0 Å². The van der Waals surface area contributed by atoms with E-state index < -0.39 is 17.4 Å². The smallest absolute Gasteiger partial charge is 0.416 e. The van der Waals surface area contributed by atoms with Crippen LogP contribution in [0.2, 0.25) is 0 Å². The Morgan fingerprint density at radius 2 is 1.93 bits per heavy atom. The largest absolute Gasteiger partial charge is 0.449 e. The quantitative estimate of drug-likeness (QED) is 0.846. The Labute approximate surface area is 160 Å². The van der Waals surface area contributed by atoms with Crippen LogP contribution in [0.15, 0.2) is 16.9 Å². The van der Waals surface area contributed by atoms with Crippen molar-refractivity contribution in [3.8, 4) is 0 Å². The number of hydrogen-bond acceptors (Lipinski definition) is 3. The molecule has 1 aliphatic heterocycles. The summed E-state index contributed by atoms with van der Waals surface area (Å²) < 4.78 is 46.1. The maximum Gasteiger partial charge on any atom is 0.416 e. The third-order valence-electron chi connectivity index (χ3n) is 5.00. The summed E-state index contributed by atoms with van der Waals surface area (Å²) in [6.45, 7) is 6.50. The van der Waals surface area contributed by atoms with E-state index in [9.17, 15) is 22.8 Å². The first-order valence-corrected chi connectivity index (χ1v) is 9.31. The molecule has 1 aromatic heterocycles. The van der Waals surface area contributed by atoms with E-state index in [4.69, 9.17) is 4.74 Å². The number of amides is 1. The topological polar surface area (TPSA) is 67.3 Å². The van der Waals surface area contributed by atoms with Crippen LogP contribution < -0.4 is 5.69 Å². The molecule has 2 aromatic rings. The van der Waals surface area contributed by atoms with Gasteiger partial charge in [0.2, 0.25) is 0 Å². The first-order valence-electron chi connectivity index (χ1n) is 9.31. The molecule has 1 amide bonds. The molecule has 1 fully saturated rings. The minimum atomic E-state index is -4.47. The van der Waals surface area contributed by atoms with E-state index in [1.165, 1.54) is 17.6 Å². The van der Waals surface area contributed by atoms with Crippen molar-refractivity contribution in [2.45, 2.75) is 45.8 Å². The van der Waals surface area contributed by atoms with Crippen LogP contribution >= 0.6 is 0 Å². The Morgan fingerprint density at radius 1 is 1.29 bits per heavy atom. The van der Waals surface area contributed by atoms with Gasteiger partial charge in [-0.15, -0.1) is 0 Å². The van der Waals surface area contributed by atoms with Gasteiger partial charge in [0, 0.05) is 19.1 Å². The van der Waals surface area contributed by atoms with E-state index in [-0.39, 0.29) is 29.1 Å². The molecule has 3 rings (SSSR count). The van der Waals surface area contributed by atoms with Crippen LogP contribution in [-0.4, -0.2) is 40.2 Å². The summed E-state index contributed by atoms with van der Waals surface area (Å²) in [5.74, 6) is 0.246. The fraction of sp³-hybridized carbons (Fsp3) is 0.579. The van der Waals surface area contributed by atoms with Gasteiger partial charge in [0.1, 0.15) is 0 Å². The summed E-state index contributed by atoms with van der Waals surface area (Å²) in [6, 6.07) is 2.20. The lowest BCUT2D eigenvalue weighted by molar-refractivity contribution is -0.137. The summed E-state index contributed by atoms with van der Waals surface area (Å²) in [4.78, 5) is 28.6. The van der Waals surface area contributed by atoms with Gasteiger partial charge in [-0.2, -0.15) is 13.2 Å². The summed E-state index contributed by atoms with van der Waals surface area (Å²) in [7, 11) is 0. The first kappa shape index (κ1) is 20.3. The zero-order valence-electron chi connectivity index (χ0n) is 16.1. The van der Waals surface area contributed by atoms with E-state index in [0.717, 1.165) is 6.07 Å². The Morgan fingerprint density at radius 3 is 2.50 bits per heavy atom. The summed E-state index contributed by atoms with van der Waals surface area (Å²) >= 11 is 0. The lowest BCUT2D eigenvalue weighted by atomic mass is 10.0. The Balaban J connectivity index is 1.80. The second-order valence-electron chi connectivity index (χ2n) is 7.67. The number of aromatic nitrogens is 2. The molecule has 28 heavy (non-hydrogen) atoms. The summed E-state index contributed by atoms with van der Waals surface area (Å²) in [5.41, 5.74) is -0.494. The van der Waals surface area contributed by atoms with Crippen molar-refractivity contribution in [3.05, 3.63) is 33.7 Å². The number of carbonyl (C=O) groups is 1. The van der Waals surface area contributed by atoms with Gasteiger partial charge in [-0.1, -0.05) is 13.8 Å². The number of fused-ring (bicyclic) bond motifs is 1. The number of hydrogen-bond donors (Lipinski definition) is 1. The molecule has 2 heterocycles. The number of halogens is 3. The van der Waals surface area contributed by atoms with E-state index in [1.807, 2.05) is 13.8 Å². The normalized spacial score (nSPS) is 16.2. The number of nitrogens with zero attached hydrogens (tertiary/aromatic N) is 2. The van der Waals surface area contributed by atoms with Crippen molar-refractivity contribution >= 4 is 17.1 Å². The molecule has 1 saturated heterocycles. The maximum absolute atomic E-state index is 13.1. The van der Waals surface area contributed by atoms with E-state index in [2.05, 4.69) is 4.98 Å². The highest BCUT2D eigenvalue weighted by molar-refractivity contribution is 5.77. The molecule has 0 aliphatic carbocycles. The molecule has 0 radical (unpaired) electrons. The highest BCUT2D eigenvalue weighted by atomic mass is 19.4. The Kier molecular flexibility index (Phi) is 5.45. The maximum atomic E-state index is 13.1. The lowest BCUT2D eigenvalue weighted by Crippen LogP contribution is -2.41. The molecule has 0 bridgehead atoms. The molecule has 9 heteroatoms. The molecule has 1 N–H and O–H groups in total. The number of nitrogens with one attached hydrogen (secondary N) is 1. The van der Waals surface area contributed by atoms with Crippen LogP contribution in [0.5, 0.6) is 0 Å². The number of benzene rings is 1. The standard InChI is InChI=1S/C19H24F3N3O3/c1-11(2)10-28-18(27)24-6-4-13(5-7-24)25-16-8-12(3)14(19(20,21)22)9-15(16)23-17(25)26/h8-9,11,13H,4-7,10H2,1-3H3,(H,23,26). The average Bonchev–Trinajstić information content (AvgIpc) is 2.93. The summed E-state index contributed by atoms with van der Waals surface area (Å²) in [5, 5.41) is 0. The monoisotopic (exact) mass is 399 g/mol. The minimum absolute atomic E-state index is 0.0717. The highest BCUT2D eigenvalue weighted by Crippen LogP contribution is 2.34. The van der Waals surface area contributed by atoms with Crippen molar-refractivity contribution in [1.82, 2.24) is 14.5 Å². The number of alkyl halides is 3. The molecule has 1 aliphatic rings. The number of likely N-dealkylation sites (tertiary alicyclic amines) is 1. The van der Waals surface area contributed by atoms with Gasteiger partial charge < -0.3 is 14.6 Å². The zero-order valence-corrected chi connectivity index (χ0v) is 16.1. The Hall–Kier alpha value is -2.45. The molecular weight excluding hydrogens is 375 g/mol. The minimum Gasteiger partial charge on any atom is -0.449 e. The van der Waals surface area contributed by atoms with E-state index >= 15 is 0 Å². The van der Waals surface area contributed by atoms with Gasteiger partial charge in [0.05, 0.1) is 23.2 Å². The fourth-order valence-electron chi connectivity index (χ4n) is 3.58. The zero-order chi connectivity index (χ0) is 20.6. The second kappa shape index (κ2) is 7.52. The predicted molar refractivity (Wildman–Crippen MR) is 98.3 cm³/mol. The lowest BCUT2D eigenvalue weighted by Gasteiger charge is -2.32. The predicted octanol–water partition coefficient (Wildman–Crippen LogP) is 4.09. The summed E-state index contributed by atoms with van der Waals surface area (Å²) in [6.07, 6.45) is -3.78. The second-order valence-corrected chi connectivity index (χ2v) is 7.67. The average molecular weight is 399 g/mol. The van der Waals surface area contributed by atoms with Crippen molar-refractivity contribution in [2.75, 3.05) is 19.7 Å². The van der Waals surface area contributed by atoms with Crippen LogP contribution in [0.1, 0.15) is 43.9 Å². The van der Waals surface area contributed by atoms with E-state index in [1.54, 1.807) is 4.90 Å². The number of carbonyl (C=O) groups excluding carboxylic acids is 1. The van der Waals surface area contributed by atoms with Gasteiger partial charge in [-0.25, -0.2) is 9.59 Å². The first-order chi connectivity index (χ1) is 13.1. The molecule has 1 aromatic carbocycles. The van der Waals surface area contributed by atoms with Gasteiger partial charge in [-0.3, -0.25) is 4.57 Å². The van der Waals surface area contributed by atoms with Crippen molar-refractivity contribution in [3.63, 3.8) is 0 Å². The molecule has 0 atom stereocenters. The number of imidazole rings is 1. The number of aryl methyl sites for hydroxylation is 1. The van der Waals surface area contributed by atoms with E-state index in [0.29, 0.717) is 38.1 Å². The number of piperidine rings is 1. The molecule has 0 saturated carbocycles. The third-order valence-corrected chi connectivity index (χ3v) is 5.00. The van der Waals surface area contributed by atoms with Crippen LogP contribution in [0, 0.1) is 12.8 Å². The Bertz CT molecular complexity index is 922. The third kappa shape index (κ3) is 4.02. The van der Waals surface area contributed by atoms with Crippen LogP contribution in [0.25, 0.3) is 11.0 Å². The van der Waals surface area contributed by atoms with Gasteiger partial charge in [0.25, 0.3) is 0 Å². The van der Waals surface area contributed by atoms with Crippen molar-refractivity contribution < 1.29 is 22.7 Å². The number of H-pyrrole nitrogens is 1. The van der Waals surface area contributed by atoms with Crippen molar-refractivity contribution in [2.24, 2.45) is 5.92 Å². The SMILES string of the molecule is Cc1cc2c(cc1C(F)(F)F)[nH]c(=O)n2C1CCN(C(=O)OCC(C)C)CC1. The molecule has 6 nitrogen and oxygen atoms in total. The highest BCUT2D eigenvalue weighted by Gasteiger charge is 2.34. The number of aromatic amines is 1.